The monoisotopic (exact) mass is 230 g/mol. The number of thiocarbonyl (C=S) groups is 1. The Morgan fingerprint density at radius 2 is 2.40 bits per heavy atom. The molecule has 0 aromatic heterocycles. The van der Waals surface area contributed by atoms with E-state index in [9.17, 15) is 4.79 Å². The molecule has 0 bridgehead atoms. The van der Waals surface area contributed by atoms with Crippen LogP contribution >= 0.6 is 12.2 Å². The van der Waals surface area contributed by atoms with Crippen molar-refractivity contribution in [3.05, 3.63) is 0 Å². The molecule has 1 rings (SSSR count). The average molecular weight is 230 g/mol. The van der Waals surface area contributed by atoms with E-state index in [4.69, 9.17) is 22.7 Å². The third-order valence-corrected chi connectivity index (χ3v) is 2.79. The second-order valence-corrected chi connectivity index (χ2v) is 4.53. The molecule has 0 aliphatic carbocycles. The molecule has 0 saturated carbocycles. The molecule has 1 aliphatic heterocycles. The van der Waals surface area contributed by atoms with E-state index in [1.54, 1.807) is 0 Å². The lowest BCUT2D eigenvalue weighted by atomic mass is 10.0. The van der Waals surface area contributed by atoms with E-state index in [2.05, 4.69) is 5.32 Å². The Labute approximate surface area is 95.5 Å². The highest BCUT2D eigenvalue weighted by atomic mass is 32.1. The maximum Gasteiger partial charge on any atom is 0.251 e. The van der Waals surface area contributed by atoms with Gasteiger partial charge in [0, 0.05) is 13.2 Å². The normalized spacial score (nSPS) is 25.1. The van der Waals surface area contributed by atoms with E-state index in [0.717, 1.165) is 19.3 Å². The van der Waals surface area contributed by atoms with Crippen molar-refractivity contribution in [3.63, 3.8) is 0 Å². The zero-order valence-electron chi connectivity index (χ0n) is 9.04. The average Bonchev–Trinajstić information content (AvgIpc) is 2.60. The smallest absolute Gasteiger partial charge is 0.251 e. The van der Waals surface area contributed by atoms with Crippen LogP contribution in [0.15, 0.2) is 0 Å². The minimum absolute atomic E-state index is 0.0251. The first-order valence-electron chi connectivity index (χ1n) is 5.25. The summed E-state index contributed by atoms with van der Waals surface area (Å²) in [4.78, 5) is 12.2. The quantitative estimate of drug-likeness (QED) is 0.540. The Bertz CT molecular complexity index is 250. The van der Waals surface area contributed by atoms with Crippen LogP contribution in [0.2, 0.25) is 0 Å². The molecule has 0 spiro atoms. The van der Waals surface area contributed by atoms with Gasteiger partial charge in [0.15, 0.2) is 0 Å². The Balaban J connectivity index is 2.21. The van der Waals surface area contributed by atoms with Gasteiger partial charge in [-0.3, -0.25) is 4.79 Å². The molecule has 3 N–H and O–H groups in total. The number of hydrogen-bond donors (Lipinski definition) is 2. The number of carbonyl (C=O) groups excluding carboxylic acids is 1. The molecular formula is C10H18N2O2S. The fourth-order valence-electron chi connectivity index (χ4n) is 1.61. The molecule has 5 heteroatoms. The molecular weight excluding hydrogens is 212 g/mol. The van der Waals surface area contributed by atoms with Crippen molar-refractivity contribution in [2.75, 3.05) is 13.2 Å². The van der Waals surface area contributed by atoms with E-state index in [1.165, 1.54) is 0 Å². The summed E-state index contributed by atoms with van der Waals surface area (Å²) in [7, 11) is 0. The van der Waals surface area contributed by atoms with Gasteiger partial charge in [0.05, 0.1) is 4.99 Å². The highest BCUT2D eigenvalue weighted by molar-refractivity contribution is 7.80. The van der Waals surface area contributed by atoms with Gasteiger partial charge in [0.25, 0.3) is 5.91 Å². The summed E-state index contributed by atoms with van der Waals surface area (Å²) in [5.41, 5.74) is 4.73. The largest absolute Gasteiger partial charge is 0.393 e. The van der Waals surface area contributed by atoms with Crippen LogP contribution in [-0.4, -0.2) is 29.6 Å². The lowest BCUT2D eigenvalue weighted by Gasteiger charge is -2.21. The third-order valence-electron chi connectivity index (χ3n) is 2.58. The van der Waals surface area contributed by atoms with E-state index >= 15 is 0 Å². The number of ether oxygens (including phenoxy) is 1. The lowest BCUT2D eigenvalue weighted by molar-refractivity contribution is -0.139. The van der Waals surface area contributed by atoms with E-state index < -0.39 is 5.60 Å². The van der Waals surface area contributed by atoms with Crippen molar-refractivity contribution in [1.82, 2.24) is 5.32 Å². The minimum Gasteiger partial charge on any atom is -0.393 e. The summed E-state index contributed by atoms with van der Waals surface area (Å²) >= 11 is 4.74. The molecule has 1 aliphatic rings. The van der Waals surface area contributed by atoms with Gasteiger partial charge >= 0.3 is 0 Å². The molecule has 0 aromatic carbocycles. The van der Waals surface area contributed by atoms with Crippen molar-refractivity contribution >= 4 is 23.1 Å². The van der Waals surface area contributed by atoms with Crippen LogP contribution in [0, 0.1) is 0 Å². The van der Waals surface area contributed by atoms with Crippen molar-refractivity contribution in [1.29, 1.82) is 0 Å². The van der Waals surface area contributed by atoms with Gasteiger partial charge in [-0.1, -0.05) is 12.2 Å². The minimum atomic E-state index is -0.622. The summed E-state index contributed by atoms with van der Waals surface area (Å²) in [6, 6.07) is 0. The summed E-state index contributed by atoms with van der Waals surface area (Å²) in [5.74, 6) is -0.0251. The number of amides is 1. The first-order valence-corrected chi connectivity index (χ1v) is 5.66. The molecule has 4 nitrogen and oxygen atoms in total. The van der Waals surface area contributed by atoms with Crippen molar-refractivity contribution in [2.45, 2.75) is 38.2 Å². The summed E-state index contributed by atoms with van der Waals surface area (Å²) in [5, 5.41) is 2.84. The Kier molecular flexibility index (Phi) is 4.47. The topological polar surface area (TPSA) is 64.4 Å². The van der Waals surface area contributed by atoms with Gasteiger partial charge < -0.3 is 15.8 Å². The molecule has 1 heterocycles. The van der Waals surface area contributed by atoms with E-state index in [0.29, 0.717) is 24.6 Å². The molecule has 86 valence electrons. The van der Waals surface area contributed by atoms with Crippen molar-refractivity contribution < 1.29 is 9.53 Å². The Hall–Kier alpha value is -0.680. The van der Waals surface area contributed by atoms with Gasteiger partial charge in [0.2, 0.25) is 0 Å². The molecule has 1 saturated heterocycles. The molecule has 1 fully saturated rings. The van der Waals surface area contributed by atoms with Crippen molar-refractivity contribution in [2.24, 2.45) is 5.73 Å². The Morgan fingerprint density at radius 3 is 2.93 bits per heavy atom. The van der Waals surface area contributed by atoms with Crippen LogP contribution in [-0.2, 0) is 9.53 Å². The molecule has 1 amide bonds. The van der Waals surface area contributed by atoms with E-state index in [1.807, 2.05) is 6.92 Å². The van der Waals surface area contributed by atoms with Crippen LogP contribution < -0.4 is 11.1 Å². The first kappa shape index (κ1) is 12.4. The maximum absolute atomic E-state index is 11.7. The number of nitrogens with one attached hydrogen (secondary N) is 1. The second kappa shape index (κ2) is 5.42. The molecule has 1 unspecified atom stereocenters. The molecule has 1 atom stereocenters. The zero-order chi connectivity index (χ0) is 11.3. The van der Waals surface area contributed by atoms with Crippen LogP contribution in [0.4, 0.5) is 0 Å². The predicted octanol–water partition coefficient (Wildman–Crippen LogP) is 0.738. The lowest BCUT2D eigenvalue weighted by Crippen LogP contribution is -2.44. The van der Waals surface area contributed by atoms with Crippen LogP contribution in [0.1, 0.15) is 32.6 Å². The van der Waals surface area contributed by atoms with Gasteiger partial charge in [-0.15, -0.1) is 0 Å². The highest BCUT2D eigenvalue weighted by Crippen LogP contribution is 2.24. The van der Waals surface area contributed by atoms with Crippen LogP contribution in [0.3, 0.4) is 0 Å². The van der Waals surface area contributed by atoms with Gasteiger partial charge in [-0.05, 0) is 32.6 Å². The van der Waals surface area contributed by atoms with Gasteiger partial charge in [-0.2, -0.15) is 0 Å². The number of carbonyl (C=O) groups is 1. The van der Waals surface area contributed by atoms with Crippen LogP contribution in [0.5, 0.6) is 0 Å². The number of nitrogens with two attached hydrogens (primary N) is 1. The fraction of sp³-hybridized carbons (Fsp3) is 0.800. The van der Waals surface area contributed by atoms with E-state index in [-0.39, 0.29) is 5.91 Å². The summed E-state index contributed by atoms with van der Waals surface area (Å²) < 4.78 is 5.42. The van der Waals surface area contributed by atoms with Crippen molar-refractivity contribution in [3.8, 4) is 0 Å². The number of rotatable bonds is 5. The van der Waals surface area contributed by atoms with Gasteiger partial charge in [0.1, 0.15) is 5.60 Å². The summed E-state index contributed by atoms with van der Waals surface area (Å²) in [6.45, 7) is 3.12. The maximum atomic E-state index is 11.7. The standard InChI is InChI=1S/C10H18N2O2S/c1-10(5-3-7-14-10)9(13)12-6-2-4-8(11)15/h2-7H2,1H3,(H2,11,15)(H,12,13). The summed E-state index contributed by atoms with van der Waals surface area (Å²) in [6.07, 6.45) is 3.22. The Morgan fingerprint density at radius 1 is 1.67 bits per heavy atom. The molecule has 15 heavy (non-hydrogen) atoms. The zero-order valence-corrected chi connectivity index (χ0v) is 9.86. The van der Waals surface area contributed by atoms with Gasteiger partial charge in [-0.25, -0.2) is 0 Å². The second-order valence-electron chi connectivity index (χ2n) is 4.01. The highest BCUT2D eigenvalue weighted by Gasteiger charge is 2.37. The third kappa shape index (κ3) is 3.76. The predicted molar refractivity (Wildman–Crippen MR) is 62.6 cm³/mol. The molecule has 0 radical (unpaired) electrons. The SMILES string of the molecule is CC1(C(=O)NCCCC(N)=S)CCCO1. The first-order chi connectivity index (χ1) is 7.04. The van der Waals surface area contributed by atoms with Crippen LogP contribution in [0.25, 0.3) is 0 Å². The molecule has 0 aromatic rings. The fourth-order valence-corrected chi connectivity index (χ4v) is 1.75. The number of hydrogen-bond acceptors (Lipinski definition) is 3.